The molecule has 132 valence electrons. The van der Waals surface area contributed by atoms with Crippen molar-refractivity contribution in [2.45, 2.75) is 25.0 Å². The Hall–Kier alpha value is -2.28. The maximum atomic E-state index is 12.1. The lowest BCUT2D eigenvalue weighted by Gasteiger charge is -2.32. The number of carbonyl (C=O) groups excluding carboxylic acids is 2. The molecule has 1 aliphatic rings. The summed E-state index contributed by atoms with van der Waals surface area (Å²) in [5.41, 5.74) is 1.01. The fourth-order valence-corrected chi connectivity index (χ4v) is 2.82. The van der Waals surface area contributed by atoms with Gasteiger partial charge in [0.25, 0.3) is 0 Å². The maximum Gasteiger partial charge on any atom is 0.409 e. The minimum atomic E-state index is -0.356. The van der Waals surface area contributed by atoms with Crippen molar-refractivity contribution in [1.82, 2.24) is 15.5 Å². The number of ether oxygens (including phenoxy) is 2. The Morgan fingerprint density at radius 2 is 2.04 bits per heavy atom. The van der Waals surface area contributed by atoms with Crippen molar-refractivity contribution in [2.24, 2.45) is 0 Å². The molecule has 1 fully saturated rings. The average molecular weight is 335 g/mol. The summed E-state index contributed by atoms with van der Waals surface area (Å²) in [6.07, 6.45) is 1.12. The van der Waals surface area contributed by atoms with E-state index in [4.69, 9.17) is 9.47 Å². The number of piperidine rings is 1. The van der Waals surface area contributed by atoms with Crippen LogP contribution in [0.25, 0.3) is 0 Å². The van der Waals surface area contributed by atoms with Crippen LogP contribution in [0.3, 0.4) is 0 Å². The molecule has 0 saturated carbocycles. The summed E-state index contributed by atoms with van der Waals surface area (Å²) in [5, 5.41) is 5.73. The summed E-state index contributed by atoms with van der Waals surface area (Å²) in [4.78, 5) is 25.3. The molecule has 0 spiro atoms. The zero-order valence-electron chi connectivity index (χ0n) is 14.2. The van der Waals surface area contributed by atoms with Gasteiger partial charge < -0.3 is 25.0 Å². The summed E-state index contributed by atoms with van der Waals surface area (Å²) >= 11 is 0. The largest absolute Gasteiger partial charge is 0.453 e. The molecule has 1 aromatic carbocycles. The lowest BCUT2D eigenvalue weighted by Crippen LogP contribution is -2.52. The average Bonchev–Trinajstić information content (AvgIpc) is 2.62. The van der Waals surface area contributed by atoms with Crippen molar-refractivity contribution in [3.05, 3.63) is 35.9 Å². The minimum Gasteiger partial charge on any atom is -0.453 e. The van der Waals surface area contributed by atoms with Crippen LogP contribution in [0.2, 0.25) is 0 Å². The molecule has 1 aromatic rings. The summed E-state index contributed by atoms with van der Waals surface area (Å²) in [7, 11) is 2.98. The smallest absolute Gasteiger partial charge is 0.409 e. The van der Waals surface area contributed by atoms with Gasteiger partial charge in [-0.3, -0.25) is 0 Å². The second kappa shape index (κ2) is 9.12. The van der Waals surface area contributed by atoms with Crippen LogP contribution in [-0.2, 0) is 9.47 Å². The molecule has 2 N–H and O–H groups in total. The first-order chi connectivity index (χ1) is 11.6. The van der Waals surface area contributed by atoms with Crippen molar-refractivity contribution >= 4 is 12.1 Å². The summed E-state index contributed by atoms with van der Waals surface area (Å²) in [5.74, 6) is 0. The molecule has 2 rings (SSSR count). The number of hydrogen-bond acceptors (Lipinski definition) is 4. The van der Waals surface area contributed by atoms with E-state index >= 15 is 0 Å². The number of nitrogens with one attached hydrogen (secondary N) is 2. The van der Waals surface area contributed by atoms with Crippen molar-refractivity contribution in [2.75, 3.05) is 33.9 Å². The Labute approximate surface area is 142 Å². The Bertz CT molecular complexity index is 538. The number of amides is 3. The van der Waals surface area contributed by atoms with Gasteiger partial charge in [-0.05, 0) is 18.4 Å². The molecule has 0 bridgehead atoms. The Morgan fingerprint density at radius 1 is 1.29 bits per heavy atom. The van der Waals surface area contributed by atoms with Gasteiger partial charge in [-0.15, -0.1) is 0 Å². The van der Waals surface area contributed by atoms with E-state index in [1.54, 1.807) is 12.0 Å². The highest BCUT2D eigenvalue weighted by atomic mass is 16.5. The van der Waals surface area contributed by atoms with Gasteiger partial charge in [0.15, 0.2) is 0 Å². The van der Waals surface area contributed by atoms with Crippen LogP contribution < -0.4 is 10.6 Å². The molecule has 3 amide bonds. The second-order valence-electron chi connectivity index (χ2n) is 5.74. The van der Waals surface area contributed by atoms with Crippen LogP contribution >= 0.6 is 0 Å². The van der Waals surface area contributed by atoms with Crippen molar-refractivity contribution < 1.29 is 19.1 Å². The SMILES string of the molecule is COC(=O)N1CCC[C@@H](NC(=O)NC[C@H](OC)c2ccccc2)C1. The Balaban J connectivity index is 1.79. The Morgan fingerprint density at radius 3 is 2.71 bits per heavy atom. The lowest BCUT2D eigenvalue weighted by molar-refractivity contribution is 0.101. The van der Waals surface area contributed by atoms with Crippen molar-refractivity contribution in [3.63, 3.8) is 0 Å². The van der Waals surface area contributed by atoms with Gasteiger partial charge in [0.1, 0.15) is 0 Å². The van der Waals surface area contributed by atoms with Gasteiger partial charge >= 0.3 is 12.1 Å². The van der Waals surface area contributed by atoms with Gasteiger partial charge in [-0.25, -0.2) is 9.59 Å². The number of hydrogen-bond donors (Lipinski definition) is 2. The highest BCUT2D eigenvalue weighted by Gasteiger charge is 2.25. The third-order valence-corrected chi connectivity index (χ3v) is 4.09. The van der Waals surface area contributed by atoms with Crippen LogP contribution in [0.4, 0.5) is 9.59 Å². The quantitative estimate of drug-likeness (QED) is 0.861. The van der Waals surface area contributed by atoms with E-state index in [1.807, 2.05) is 30.3 Å². The molecule has 0 radical (unpaired) electrons. The van der Waals surface area contributed by atoms with Crippen LogP contribution in [0.1, 0.15) is 24.5 Å². The predicted octanol–water partition coefficient (Wildman–Crippen LogP) is 1.90. The molecule has 7 heteroatoms. The van der Waals surface area contributed by atoms with E-state index in [-0.39, 0.29) is 24.3 Å². The molecule has 24 heavy (non-hydrogen) atoms. The molecule has 0 aliphatic carbocycles. The summed E-state index contributed by atoms with van der Waals surface area (Å²) < 4.78 is 10.2. The minimum absolute atomic E-state index is 0.0735. The van der Waals surface area contributed by atoms with E-state index in [0.717, 1.165) is 18.4 Å². The monoisotopic (exact) mass is 335 g/mol. The summed E-state index contributed by atoms with van der Waals surface area (Å²) in [6.45, 7) is 1.50. The third-order valence-electron chi connectivity index (χ3n) is 4.09. The number of methoxy groups -OCH3 is 2. The van der Waals surface area contributed by atoms with E-state index in [9.17, 15) is 9.59 Å². The third kappa shape index (κ3) is 5.13. The molecular weight excluding hydrogens is 310 g/mol. The van der Waals surface area contributed by atoms with Crippen LogP contribution in [0.15, 0.2) is 30.3 Å². The van der Waals surface area contributed by atoms with Crippen molar-refractivity contribution in [3.8, 4) is 0 Å². The first-order valence-electron chi connectivity index (χ1n) is 8.09. The normalized spacial score (nSPS) is 18.6. The van der Waals surface area contributed by atoms with Gasteiger partial charge in [0, 0.05) is 32.8 Å². The number of benzene rings is 1. The van der Waals surface area contributed by atoms with Crippen LogP contribution in [-0.4, -0.2) is 56.9 Å². The first kappa shape index (κ1) is 18.1. The zero-order chi connectivity index (χ0) is 17.4. The number of rotatable bonds is 5. The highest BCUT2D eigenvalue weighted by molar-refractivity contribution is 5.74. The zero-order valence-corrected chi connectivity index (χ0v) is 14.2. The molecule has 1 saturated heterocycles. The van der Waals surface area contributed by atoms with Crippen LogP contribution in [0.5, 0.6) is 0 Å². The van der Waals surface area contributed by atoms with E-state index < -0.39 is 0 Å². The molecule has 7 nitrogen and oxygen atoms in total. The van der Waals surface area contributed by atoms with Gasteiger partial charge in [-0.2, -0.15) is 0 Å². The standard InChI is InChI=1S/C17H25N3O4/c1-23-15(13-7-4-3-5-8-13)11-18-16(21)19-14-9-6-10-20(12-14)17(22)24-2/h3-5,7-8,14-15H,6,9-12H2,1-2H3,(H2,18,19,21)/t14-,15+/m1/s1. The van der Waals surface area contributed by atoms with E-state index in [2.05, 4.69) is 10.6 Å². The molecule has 1 aliphatic heterocycles. The molecule has 1 heterocycles. The van der Waals surface area contributed by atoms with Crippen LogP contribution in [0, 0.1) is 0 Å². The number of urea groups is 1. The van der Waals surface area contributed by atoms with Gasteiger partial charge in [0.05, 0.1) is 13.2 Å². The highest BCUT2D eigenvalue weighted by Crippen LogP contribution is 2.15. The Kier molecular flexibility index (Phi) is 6.87. The molecular formula is C17H25N3O4. The van der Waals surface area contributed by atoms with E-state index in [0.29, 0.717) is 19.6 Å². The number of carbonyl (C=O) groups is 2. The predicted molar refractivity (Wildman–Crippen MR) is 89.7 cm³/mol. The number of nitrogens with zero attached hydrogens (tertiary/aromatic N) is 1. The number of likely N-dealkylation sites (tertiary alicyclic amines) is 1. The fraction of sp³-hybridized carbons (Fsp3) is 0.529. The fourth-order valence-electron chi connectivity index (χ4n) is 2.82. The lowest BCUT2D eigenvalue weighted by atomic mass is 10.1. The topological polar surface area (TPSA) is 79.9 Å². The second-order valence-corrected chi connectivity index (χ2v) is 5.74. The molecule has 0 aromatic heterocycles. The maximum absolute atomic E-state index is 12.1. The van der Waals surface area contributed by atoms with Crippen molar-refractivity contribution in [1.29, 1.82) is 0 Å². The molecule has 2 atom stereocenters. The molecule has 0 unspecified atom stereocenters. The van der Waals surface area contributed by atoms with Gasteiger partial charge in [-0.1, -0.05) is 30.3 Å². The summed E-state index contributed by atoms with van der Waals surface area (Å²) in [6, 6.07) is 9.40. The van der Waals surface area contributed by atoms with E-state index in [1.165, 1.54) is 7.11 Å². The van der Waals surface area contributed by atoms with Gasteiger partial charge in [0.2, 0.25) is 0 Å². The first-order valence-corrected chi connectivity index (χ1v) is 8.09.